The van der Waals surface area contributed by atoms with Gasteiger partial charge in [-0.1, -0.05) is 17.7 Å². The number of amides is 1. The second-order valence-corrected chi connectivity index (χ2v) is 7.72. The lowest BCUT2D eigenvalue weighted by Gasteiger charge is -2.18. The summed E-state index contributed by atoms with van der Waals surface area (Å²) in [6.45, 7) is 6.40. The van der Waals surface area contributed by atoms with Gasteiger partial charge in [0.05, 0.1) is 12.2 Å². The van der Waals surface area contributed by atoms with Crippen molar-refractivity contribution in [1.82, 2.24) is 14.7 Å². The normalized spacial score (nSPS) is 10.7. The van der Waals surface area contributed by atoms with Gasteiger partial charge in [-0.05, 0) is 68.3 Å². The van der Waals surface area contributed by atoms with E-state index < -0.39 is 11.3 Å². The van der Waals surface area contributed by atoms with Gasteiger partial charge in [0, 0.05) is 23.8 Å². The minimum Gasteiger partial charge on any atom is -0.492 e. The molecule has 0 N–H and O–H groups in total. The Morgan fingerprint density at radius 1 is 1.07 bits per heavy atom. The molecule has 7 heteroatoms. The molecule has 0 aliphatic carbocycles. The monoisotopic (exact) mass is 425 g/mol. The molecule has 3 rings (SSSR count). The van der Waals surface area contributed by atoms with Gasteiger partial charge in [-0.15, -0.1) is 0 Å². The molecule has 3 aromatic rings. The molecule has 0 unspecified atom stereocenters. The molecular formula is C23H24ClN3O3. The fourth-order valence-electron chi connectivity index (χ4n) is 3.14. The van der Waals surface area contributed by atoms with Crippen molar-refractivity contribution >= 4 is 17.5 Å². The Balaban J connectivity index is 1.74. The quantitative estimate of drug-likeness (QED) is 0.599. The van der Waals surface area contributed by atoms with Gasteiger partial charge >= 0.3 is 0 Å². The second kappa shape index (κ2) is 9.13. The first-order chi connectivity index (χ1) is 14.2. The Labute approximate surface area is 180 Å². The smallest absolute Gasteiger partial charge is 0.278 e. The van der Waals surface area contributed by atoms with Crippen molar-refractivity contribution in [2.24, 2.45) is 0 Å². The Morgan fingerprint density at radius 2 is 1.70 bits per heavy atom. The summed E-state index contributed by atoms with van der Waals surface area (Å²) in [6, 6.07) is 14.4. The molecule has 30 heavy (non-hydrogen) atoms. The maximum atomic E-state index is 12.8. The topological polar surface area (TPSA) is 64.4 Å². The van der Waals surface area contributed by atoms with Gasteiger partial charge < -0.3 is 9.64 Å². The van der Waals surface area contributed by atoms with Crippen LogP contribution in [-0.2, 0) is 0 Å². The van der Waals surface area contributed by atoms with E-state index in [1.54, 1.807) is 42.9 Å². The third kappa shape index (κ3) is 5.07. The van der Waals surface area contributed by atoms with Crippen LogP contribution in [0, 0.1) is 20.8 Å². The maximum absolute atomic E-state index is 12.8. The lowest BCUT2D eigenvalue weighted by molar-refractivity contribution is 0.0764. The fourth-order valence-corrected chi connectivity index (χ4v) is 3.26. The molecule has 0 saturated carbocycles. The summed E-state index contributed by atoms with van der Waals surface area (Å²) in [5.41, 5.74) is 3.02. The van der Waals surface area contributed by atoms with Crippen LogP contribution < -0.4 is 10.2 Å². The van der Waals surface area contributed by atoms with Crippen LogP contribution >= 0.6 is 11.6 Å². The van der Waals surface area contributed by atoms with Crippen LogP contribution in [-0.4, -0.2) is 40.8 Å². The molecule has 0 aliphatic rings. The van der Waals surface area contributed by atoms with Gasteiger partial charge in [0.2, 0.25) is 5.43 Å². The van der Waals surface area contributed by atoms with Crippen LogP contribution in [0.2, 0.25) is 5.02 Å². The first-order valence-electron chi connectivity index (χ1n) is 9.58. The number of carbonyl (C=O) groups is 1. The van der Waals surface area contributed by atoms with Gasteiger partial charge in [0.25, 0.3) is 5.91 Å². The van der Waals surface area contributed by atoms with E-state index in [4.69, 9.17) is 16.3 Å². The van der Waals surface area contributed by atoms with E-state index in [2.05, 4.69) is 11.2 Å². The number of aryl methyl sites for hydroxylation is 3. The van der Waals surface area contributed by atoms with Crippen LogP contribution in [0.1, 0.15) is 27.3 Å². The molecule has 0 fully saturated rings. The van der Waals surface area contributed by atoms with E-state index >= 15 is 0 Å². The van der Waals surface area contributed by atoms with Crippen molar-refractivity contribution in [3.05, 3.63) is 86.3 Å². The predicted molar refractivity (Wildman–Crippen MR) is 118 cm³/mol. The highest BCUT2D eigenvalue weighted by Crippen LogP contribution is 2.16. The summed E-state index contributed by atoms with van der Waals surface area (Å²) in [5.74, 6) is 0.304. The Morgan fingerprint density at radius 3 is 2.33 bits per heavy atom. The highest BCUT2D eigenvalue weighted by atomic mass is 35.5. The standard InChI is InChI=1S/C23H24ClN3O3/c1-15-11-16(2)13-20(12-15)30-10-9-26(4)23(29)22-21(28)14-17(3)27(25-22)19-7-5-18(24)6-8-19/h5-8,11-14H,9-10H2,1-4H3. The first-order valence-corrected chi connectivity index (χ1v) is 9.96. The van der Waals surface area contributed by atoms with Crippen LogP contribution in [0.3, 0.4) is 0 Å². The summed E-state index contributed by atoms with van der Waals surface area (Å²) in [7, 11) is 1.63. The molecule has 0 radical (unpaired) electrons. The number of nitrogens with zero attached hydrogens (tertiary/aromatic N) is 3. The van der Waals surface area contributed by atoms with Crippen molar-refractivity contribution in [2.75, 3.05) is 20.2 Å². The van der Waals surface area contributed by atoms with E-state index in [0.717, 1.165) is 16.9 Å². The lowest BCUT2D eigenvalue weighted by atomic mass is 10.1. The summed E-state index contributed by atoms with van der Waals surface area (Å²) >= 11 is 5.95. The van der Waals surface area contributed by atoms with Gasteiger partial charge in [0.1, 0.15) is 12.4 Å². The van der Waals surface area contributed by atoms with Crippen LogP contribution in [0.25, 0.3) is 5.69 Å². The Bertz CT molecular complexity index is 1100. The molecule has 1 amide bonds. The minimum atomic E-state index is -0.452. The number of likely N-dealkylation sites (N-methyl/N-ethyl adjacent to an activating group) is 1. The van der Waals surface area contributed by atoms with Crippen LogP contribution in [0.4, 0.5) is 0 Å². The summed E-state index contributed by atoms with van der Waals surface area (Å²) in [6.07, 6.45) is 0. The number of benzene rings is 2. The molecule has 156 valence electrons. The number of carbonyl (C=O) groups excluding carboxylic acids is 1. The zero-order valence-electron chi connectivity index (χ0n) is 17.5. The lowest BCUT2D eigenvalue weighted by Crippen LogP contribution is -2.36. The largest absolute Gasteiger partial charge is 0.492 e. The predicted octanol–water partition coefficient (Wildman–Crippen LogP) is 3.96. The zero-order chi connectivity index (χ0) is 21.8. The van der Waals surface area contributed by atoms with Crippen molar-refractivity contribution in [2.45, 2.75) is 20.8 Å². The van der Waals surface area contributed by atoms with E-state index in [0.29, 0.717) is 29.6 Å². The van der Waals surface area contributed by atoms with Crippen molar-refractivity contribution in [3.8, 4) is 11.4 Å². The second-order valence-electron chi connectivity index (χ2n) is 7.29. The van der Waals surface area contributed by atoms with Crippen molar-refractivity contribution in [1.29, 1.82) is 0 Å². The third-order valence-electron chi connectivity index (χ3n) is 4.62. The molecule has 0 saturated heterocycles. The molecule has 0 aliphatic heterocycles. The molecule has 1 heterocycles. The van der Waals surface area contributed by atoms with Crippen LogP contribution in [0.15, 0.2) is 53.3 Å². The number of hydrogen-bond donors (Lipinski definition) is 0. The third-order valence-corrected chi connectivity index (χ3v) is 4.87. The number of hydrogen-bond acceptors (Lipinski definition) is 4. The molecule has 2 aromatic carbocycles. The molecule has 0 spiro atoms. The minimum absolute atomic E-state index is 0.135. The first kappa shape index (κ1) is 21.6. The van der Waals surface area contributed by atoms with Gasteiger partial charge in [-0.3, -0.25) is 9.59 Å². The summed E-state index contributed by atoms with van der Waals surface area (Å²) in [4.78, 5) is 26.7. The van der Waals surface area contributed by atoms with Gasteiger partial charge in [0.15, 0.2) is 5.69 Å². The average molecular weight is 426 g/mol. The van der Waals surface area contributed by atoms with E-state index in [1.807, 2.05) is 26.0 Å². The number of aromatic nitrogens is 2. The summed E-state index contributed by atoms with van der Waals surface area (Å²) in [5, 5.41) is 4.91. The molecular weight excluding hydrogens is 402 g/mol. The van der Waals surface area contributed by atoms with E-state index in [-0.39, 0.29) is 5.69 Å². The van der Waals surface area contributed by atoms with Gasteiger partial charge in [-0.25, -0.2) is 4.68 Å². The summed E-state index contributed by atoms with van der Waals surface area (Å²) < 4.78 is 7.33. The zero-order valence-corrected chi connectivity index (χ0v) is 18.2. The highest BCUT2D eigenvalue weighted by molar-refractivity contribution is 6.30. The van der Waals surface area contributed by atoms with E-state index in [9.17, 15) is 9.59 Å². The Hall–Kier alpha value is -3.12. The average Bonchev–Trinajstić information content (AvgIpc) is 2.67. The maximum Gasteiger partial charge on any atom is 0.278 e. The van der Waals surface area contributed by atoms with Gasteiger partial charge in [-0.2, -0.15) is 5.10 Å². The van der Waals surface area contributed by atoms with E-state index in [1.165, 1.54) is 11.0 Å². The number of rotatable bonds is 6. The van der Waals surface area contributed by atoms with Crippen molar-refractivity contribution in [3.63, 3.8) is 0 Å². The SMILES string of the molecule is Cc1cc(C)cc(OCCN(C)C(=O)c2nn(-c3ccc(Cl)cc3)c(C)cc2=O)c1. The molecule has 6 nitrogen and oxygen atoms in total. The van der Waals surface area contributed by atoms with Crippen LogP contribution in [0.5, 0.6) is 5.75 Å². The highest BCUT2D eigenvalue weighted by Gasteiger charge is 2.19. The molecule has 1 aromatic heterocycles. The fraction of sp³-hybridized carbons (Fsp3) is 0.261. The Kier molecular flexibility index (Phi) is 6.57. The number of ether oxygens (including phenoxy) is 1. The number of halogens is 1. The van der Waals surface area contributed by atoms with Crippen molar-refractivity contribution < 1.29 is 9.53 Å². The molecule has 0 atom stereocenters. The molecule has 0 bridgehead atoms.